The van der Waals surface area contributed by atoms with Gasteiger partial charge in [0.15, 0.2) is 23.3 Å². The molecule has 0 saturated carbocycles. The van der Waals surface area contributed by atoms with Crippen molar-refractivity contribution in [1.82, 2.24) is 59.1 Å². The normalized spacial score (nSPS) is 11.0. The van der Waals surface area contributed by atoms with Crippen molar-refractivity contribution in [3.63, 3.8) is 0 Å². The number of para-hydroxylation sites is 1. The summed E-state index contributed by atoms with van der Waals surface area (Å²) in [6.45, 7) is 37.4. The van der Waals surface area contributed by atoms with E-state index >= 15 is 0 Å². The van der Waals surface area contributed by atoms with Crippen LogP contribution in [0.25, 0.3) is 114 Å². The summed E-state index contributed by atoms with van der Waals surface area (Å²) in [5.74, 6) is 6.66. The smallest absolute Gasteiger partial charge is 0.159 e. The molecule has 12 aromatic carbocycles. The molecule has 4 aromatic heterocycles. The van der Waals surface area contributed by atoms with E-state index in [1.165, 1.54) is 66.4 Å². The van der Waals surface area contributed by atoms with Crippen LogP contribution in [0.2, 0.25) is 19.6 Å². The van der Waals surface area contributed by atoms with E-state index in [0.29, 0.717) is 0 Å². The Morgan fingerprint density at radius 1 is 0.267 bits per heavy atom. The van der Waals surface area contributed by atoms with E-state index in [-0.39, 0.29) is 91.3 Å². The van der Waals surface area contributed by atoms with Gasteiger partial charge in [0.05, 0.1) is 31.4 Å². The van der Waals surface area contributed by atoms with Crippen molar-refractivity contribution in [1.29, 1.82) is 0 Å². The van der Waals surface area contributed by atoms with Crippen LogP contribution in [0.5, 0.6) is 0 Å². The summed E-state index contributed by atoms with van der Waals surface area (Å²) in [7, 11) is -1.57. The summed E-state index contributed by atoms with van der Waals surface area (Å²) in [6, 6.07) is 107. The SMILES string of the molecule is Cc1cc(C)cc(-n2c(-c3[c-]cccc3)nnc2-c2ccccc2[Si](C)(C)C)c1.Cc1cccc(C)c1-c1nnc(-c2[c-]cccc2)n1-c1ccc(C(C)(C)C)cc1.Cc1ccccc1-c1nnc(-c2[c-]cccc2)n1-c1ccc(C(C)(C)C)cc1.Cc1ccccc1-n1c(-c2[c-]cccc2)nnc1-c1c(C)cccc1C.[Ir].[Ir].[Ir].[Ir]. The van der Waals surface area contributed by atoms with E-state index in [1.54, 1.807) is 0 Å². The molecule has 0 aliphatic rings. The van der Waals surface area contributed by atoms with Gasteiger partial charge in [-0.05, 0) is 170 Å². The number of nitrogens with zero attached hydrogens (tertiary/aromatic N) is 12. The zero-order chi connectivity index (χ0) is 79.0. The molecule has 16 aromatic rings. The standard InChI is InChI=1S/C26H26N3.C25H26N3Si.C25H24N3.C23H20N3.4Ir/c1-18-10-9-11-19(2)23(18)25-28-27-24(20-12-7-6-8-13-20)29(25)22-16-14-21(15-17-22)26(3,4)5;1-18-15-19(2)17-21(16-18)28-24(20-11-7-6-8-12-20)26-27-25(28)22-13-9-10-14-23(22)29(3,4)5;1-18-10-8-9-13-22(18)24-27-26-23(19-11-6-5-7-12-19)28(24)21-16-14-20(15-17-21)25(2,3)4;1-16-10-7-8-15-20(16)26-22(19-13-5-4-6-14-19)24-25-23(26)21-17(2)11-9-12-18(21)3;;;;/h6-12,14-17H,1-5H3;6-11,13-17H,1-5H3;5-11,13-17H,1-4H3;4-13,15H,1-3H3;;;;/q4*-1;;;;. The third-order valence-corrected chi connectivity index (χ3v) is 22.1. The summed E-state index contributed by atoms with van der Waals surface area (Å²) in [5, 5.41) is 38.1. The predicted octanol–water partition coefficient (Wildman–Crippen LogP) is 23.2. The number of aryl methyl sites for hydroxylation is 8. The number of hydrogen-bond acceptors (Lipinski definition) is 8. The number of hydrogen-bond donors (Lipinski definition) is 0. The zero-order valence-electron chi connectivity index (χ0n) is 68.7. The van der Waals surface area contributed by atoms with Crippen LogP contribution in [0.1, 0.15) is 97.2 Å². The molecule has 0 aliphatic carbocycles. The predicted molar refractivity (Wildman–Crippen MR) is 463 cm³/mol. The van der Waals surface area contributed by atoms with Crippen LogP contribution in [0.15, 0.2) is 273 Å². The second kappa shape index (κ2) is 39.3. The second-order valence-corrected chi connectivity index (χ2v) is 36.7. The van der Waals surface area contributed by atoms with Crippen molar-refractivity contribution in [2.24, 2.45) is 0 Å². The van der Waals surface area contributed by atoms with Crippen LogP contribution < -0.4 is 5.19 Å². The molecule has 16 rings (SSSR count). The minimum Gasteiger partial charge on any atom is -0.316 e. The summed E-state index contributed by atoms with van der Waals surface area (Å²) in [5.41, 5.74) is 24.9. The van der Waals surface area contributed by atoms with Gasteiger partial charge < -0.3 is 18.3 Å². The Kier molecular flexibility index (Phi) is 30.5. The molecular formula is C99H96Ir4N12Si-4. The molecule has 12 nitrogen and oxygen atoms in total. The van der Waals surface area contributed by atoms with E-state index in [9.17, 15) is 0 Å². The van der Waals surface area contributed by atoms with E-state index in [4.69, 9.17) is 0 Å². The molecule has 0 N–H and O–H groups in total. The van der Waals surface area contributed by atoms with Crippen molar-refractivity contribution in [3.05, 3.63) is 353 Å². The van der Waals surface area contributed by atoms with Crippen molar-refractivity contribution in [2.45, 2.75) is 127 Å². The molecule has 0 unspecified atom stereocenters. The fraction of sp³-hybridized carbons (Fsp3) is 0.192. The number of rotatable bonds is 13. The molecule has 4 heterocycles. The van der Waals surface area contributed by atoms with Gasteiger partial charge in [-0.15, -0.1) is 164 Å². The molecule has 4 radical (unpaired) electrons. The van der Waals surface area contributed by atoms with Gasteiger partial charge in [0.25, 0.3) is 0 Å². The summed E-state index contributed by atoms with van der Waals surface area (Å²) in [4.78, 5) is 0. The Bertz CT molecular complexity index is 5860. The van der Waals surface area contributed by atoms with Gasteiger partial charge >= 0.3 is 0 Å². The van der Waals surface area contributed by atoms with Crippen molar-refractivity contribution in [2.75, 3.05) is 0 Å². The molecule has 596 valence electrons. The molecule has 0 fully saturated rings. The first-order valence-electron chi connectivity index (χ1n) is 38.2. The molecule has 0 spiro atoms. The summed E-state index contributed by atoms with van der Waals surface area (Å²) >= 11 is 0. The zero-order valence-corrected chi connectivity index (χ0v) is 79.3. The average Bonchev–Trinajstić information content (AvgIpc) is 1.63. The third-order valence-electron chi connectivity index (χ3n) is 20.0. The van der Waals surface area contributed by atoms with Gasteiger partial charge in [-0.25, -0.2) is 0 Å². The third kappa shape index (κ3) is 20.3. The first-order valence-corrected chi connectivity index (χ1v) is 41.7. The fourth-order valence-corrected chi connectivity index (χ4v) is 15.8. The van der Waals surface area contributed by atoms with E-state index in [0.717, 1.165) is 108 Å². The minimum atomic E-state index is -1.57. The minimum absolute atomic E-state index is 0. The monoisotopic (exact) mass is 2250 g/mol. The van der Waals surface area contributed by atoms with E-state index in [1.807, 2.05) is 109 Å². The Labute approximate surface area is 740 Å². The average molecular weight is 2250 g/mol. The maximum absolute atomic E-state index is 4.69. The van der Waals surface area contributed by atoms with Crippen LogP contribution in [0.3, 0.4) is 0 Å². The first-order chi connectivity index (χ1) is 53.8. The van der Waals surface area contributed by atoms with Crippen LogP contribution >= 0.6 is 0 Å². The van der Waals surface area contributed by atoms with E-state index < -0.39 is 8.07 Å². The maximum Gasteiger partial charge on any atom is 0.159 e. The topological polar surface area (TPSA) is 123 Å². The van der Waals surface area contributed by atoms with Gasteiger partial charge in [-0.1, -0.05) is 195 Å². The van der Waals surface area contributed by atoms with Crippen molar-refractivity contribution in [3.8, 4) is 114 Å². The van der Waals surface area contributed by atoms with Gasteiger partial charge in [0.2, 0.25) is 0 Å². The molecular weight excluding hydrogens is 2150 g/mol. The van der Waals surface area contributed by atoms with Crippen molar-refractivity contribution < 1.29 is 80.4 Å². The Balaban J connectivity index is 0.000000175. The summed E-state index contributed by atoms with van der Waals surface area (Å²) in [6.07, 6.45) is 0. The van der Waals surface area contributed by atoms with Crippen LogP contribution in [0.4, 0.5) is 0 Å². The largest absolute Gasteiger partial charge is 0.316 e. The van der Waals surface area contributed by atoms with Crippen LogP contribution in [0, 0.1) is 79.7 Å². The van der Waals surface area contributed by atoms with Gasteiger partial charge in [0.1, 0.15) is 0 Å². The van der Waals surface area contributed by atoms with Gasteiger partial charge in [-0.2, -0.15) is 20.4 Å². The fourth-order valence-electron chi connectivity index (χ4n) is 14.2. The number of benzene rings is 12. The van der Waals surface area contributed by atoms with Gasteiger partial charge in [-0.3, -0.25) is 0 Å². The maximum atomic E-state index is 4.69. The Hall–Kier alpha value is -9.99. The molecule has 0 saturated heterocycles. The van der Waals surface area contributed by atoms with Crippen molar-refractivity contribution >= 4 is 13.3 Å². The first kappa shape index (κ1) is 89.9. The van der Waals surface area contributed by atoms with Crippen LogP contribution in [-0.2, 0) is 91.3 Å². The molecule has 0 aliphatic heterocycles. The summed E-state index contributed by atoms with van der Waals surface area (Å²) < 4.78 is 8.61. The number of aromatic nitrogens is 12. The molecule has 116 heavy (non-hydrogen) atoms. The molecule has 0 amide bonds. The Morgan fingerprint density at radius 2 is 0.569 bits per heavy atom. The van der Waals surface area contributed by atoms with Crippen LogP contribution in [-0.4, -0.2) is 67.1 Å². The second-order valence-electron chi connectivity index (χ2n) is 31.7. The molecule has 0 bridgehead atoms. The van der Waals surface area contributed by atoms with Gasteiger partial charge in [0, 0.05) is 125 Å². The molecule has 17 heteroatoms. The Morgan fingerprint density at radius 3 is 0.940 bits per heavy atom. The quantitative estimate of drug-likeness (QED) is 0.0826. The van der Waals surface area contributed by atoms with E-state index in [2.05, 4.69) is 364 Å². The molecule has 0 atom stereocenters.